The Morgan fingerprint density at radius 1 is 1.15 bits per heavy atom. The molecule has 2 N–H and O–H groups in total. The lowest BCUT2D eigenvalue weighted by Gasteiger charge is -2.06. The van der Waals surface area contributed by atoms with Crippen LogP contribution >= 0.6 is 0 Å². The van der Waals surface area contributed by atoms with E-state index in [0.29, 0.717) is 6.42 Å². The Labute approximate surface area is 79.7 Å². The maximum Gasteiger partial charge on any atom is 0.267 e. The van der Waals surface area contributed by atoms with Crippen molar-refractivity contribution in [3.8, 4) is 0 Å². The first-order valence-corrected chi connectivity index (χ1v) is 6.06. The van der Waals surface area contributed by atoms with E-state index in [0.717, 1.165) is 25.7 Å². The first-order chi connectivity index (χ1) is 5.98. The van der Waals surface area contributed by atoms with Gasteiger partial charge >= 0.3 is 0 Å². The molecule has 0 bridgehead atoms. The zero-order valence-corrected chi connectivity index (χ0v) is 8.76. The molecule has 4 nitrogen and oxygen atoms in total. The summed E-state index contributed by atoms with van der Waals surface area (Å²) in [5.74, 6) is 0. The van der Waals surface area contributed by atoms with Crippen LogP contribution in [-0.2, 0) is 10.1 Å². The van der Waals surface area contributed by atoms with Gasteiger partial charge in [-0.1, -0.05) is 19.3 Å². The molecule has 0 rings (SSSR count). The van der Waals surface area contributed by atoms with Crippen molar-refractivity contribution in [2.45, 2.75) is 44.3 Å². The number of hydrogen-bond acceptors (Lipinski definition) is 3. The second kappa shape index (κ2) is 6.34. The number of aliphatic hydroxyl groups is 1. The second-order valence-electron chi connectivity index (χ2n) is 3.25. The maximum absolute atomic E-state index is 10.6. The van der Waals surface area contributed by atoms with E-state index < -0.39 is 15.4 Å². The molecule has 1 unspecified atom stereocenters. The van der Waals surface area contributed by atoms with Gasteiger partial charge in [0.1, 0.15) is 0 Å². The van der Waals surface area contributed by atoms with E-state index in [2.05, 4.69) is 0 Å². The minimum atomic E-state index is -3.84. The highest BCUT2D eigenvalue weighted by Crippen LogP contribution is 2.10. The summed E-state index contributed by atoms with van der Waals surface area (Å²) in [4.78, 5) is 0. The van der Waals surface area contributed by atoms with E-state index in [1.54, 1.807) is 0 Å². The number of rotatable bonds is 7. The van der Waals surface area contributed by atoms with E-state index in [4.69, 9.17) is 9.66 Å². The standard InChI is InChI=1S/C8H18O4S/c1-8(13(10,11)12)6-4-2-3-5-7-9/h8-9H,2-7H2,1H3,(H,10,11,12). The van der Waals surface area contributed by atoms with Crippen LogP contribution in [0.2, 0.25) is 0 Å². The van der Waals surface area contributed by atoms with E-state index in [-0.39, 0.29) is 6.61 Å². The first-order valence-electron chi connectivity index (χ1n) is 4.55. The van der Waals surface area contributed by atoms with Gasteiger partial charge in [-0.3, -0.25) is 4.55 Å². The van der Waals surface area contributed by atoms with Crippen LogP contribution < -0.4 is 0 Å². The van der Waals surface area contributed by atoms with Crippen LogP contribution in [0.15, 0.2) is 0 Å². The van der Waals surface area contributed by atoms with Crippen LogP contribution in [0, 0.1) is 0 Å². The highest BCUT2D eigenvalue weighted by molar-refractivity contribution is 7.86. The molecule has 0 aromatic heterocycles. The van der Waals surface area contributed by atoms with Crippen molar-refractivity contribution in [2.75, 3.05) is 6.61 Å². The van der Waals surface area contributed by atoms with Gasteiger partial charge in [-0.25, -0.2) is 0 Å². The van der Waals surface area contributed by atoms with Gasteiger partial charge < -0.3 is 5.11 Å². The molecule has 0 aliphatic carbocycles. The van der Waals surface area contributed by atoms with Crippen LogP contribution in [0.4, 0.5) is 0 Å². The minimum absolute atomic E-state index is 0.188. The average molecular weight is 210 g/mol. The monoisotopic (exact) mass is 210 g/mol. The lowest BCUT2D eigenvalue weighted by molar-refractivity contribution is 0.282. The molecule has 0 radical (unpaired) electrons. The molecule has 1 atom stereocenters. The SMILES string of the molecule is CC(CCCCCCO)S(=O)(=O)O. The molecule has 0 aliphatic rings. The van der Waals surface area contributed by atoms with Gasteiger partial charge in [-0.05, 0) is 19.8 Å². The van der Waals surface area contributed by atoms with Crippen molar-refractivity contribution in [2.24, 2.45) is 0 Å². The predicted octanol–water partition coefficient (Wildman–Crippen LogP) is 1.21. The summed E-state index contributed by atoms with van der Waals surface area (Å²) in [6, 6.07) is 0. The summed E-state index contributed by atoms with van der Waals surface area (Å²) in [5, 5.41) is 7.80. The van der Waals surface area contributed by atoms with Crippen molar-refractivity contribution >= 4 is 10.1 Å². The topological polar surface area (TPSA) is 74.6 Å². The van der Waals surface area contributed by atoms with E-state index in [1.807, 2.05) is 0 Å². The molecule has 0 aromatic carbocycles. The van der Waals surface area contributed by atoms with E-state index in [9.17, 15) is 8.42 Å². The van der Waals surface area contributed by atoms with E-state index >= 15 is 0 Å². The molecule has 0 aliphatic heterocycles. The molecule has 0 heterocycles. The Morgan fingerprint density at radius 3 is 2.15 bits per heavy atom. The average Bonchev–Trinajstić information content (AvgIpc) is 2.02. The Hall–Kier alpha value is -0.130. The molecule has 0 saturated carbocycles. The Morgan fingerprint density at radius 2 is 1.69 bits per heavy atom. The molecule has 0 saturated heterocycles. The highest BCUT2D eigenvalue weighted by Gasteiger charge is 2.15. The first kappa shape index (κ1) is 12.9. The van der Waals surface area contributed by atoms with Crippen LogP contribution in [0.3, 0.4) is 0 Å². The normalized spacial score (nSPS) is 14.4. The van der Waals surface area contributed by atoms with Crippen molar-refractivity contribution in [3.63, 3.8) is 0 Å². The maximum atomic E-state index is 10.6. The summed E-state index contributed by atoms with van der Waals surface area (Å²) in [6.45, 7) is 1.69. The van der Waals surface area contributed by atoms with Crippen molar-refractivity contribution in [3.05, 3.63) is 0 Å². The molecular formula is C8H18O4S. The largest absolute Gasteiger partial charge is 0.396 e. The van der Waals surface area contributed by atoms with Gasteiger partial charge in [-0.2, -0.15) is 8.42 Å². The van der Waals surface area contributed by atoms with Crippen LogP contribution in [-0.4, -0.2) is 29.9 Å². The Bertz CT molecular complexity index is 210. The summed E-state index contributed by atoms with van der Waals surface area (Å²) in [6.07, 6.45) is 3.85. The smallest absolute Gasteiger partial charge is 0.267 e. The third-order valence-corrected chi connectivity index (χ3v) is 3.28. The van der Waals surface area contributed by atoms with Crippen LogP contribution in [0.5, 0.6) is 0 Å². The minimum Gasteiger partial charge on any atom is -0.396 e. The highest BCUT2D eigenvalue weighted by atomic mass is 32.2. The molecule has 0 fully saturated rings. The molecule has 80 valence electrons. The summed E-state index contributed by atoms with van der Waals surface area (Å²) in [7, 11) is -3.84. The Balaban J connectivity index is 3.44. The van der Waals surface area contributed by atoms with Crippen LogP contribution in [0.1, 0.15) is 39.0 Å². The lowest BCUT2D eigenvalue weighted by Crippen LogP contribution is -2.16. The van der Waals surface area contributed by atoms with Gasteiger partial charge in [0.2, 0.25) is 0 Å². The number of aliphatic hydroxyl groups excluding tert-OH is 1. The van der Waals surface area contributed by atoms with Gasteiger partial charge in [0.15, 0.2) is 0 Å². The molecule has 0 spiro atoms. The number of unbranched alkanes of at least 4 members (excludes halogenated alkanes) is 3. The fourth-order valence-electron chi connectivity index (χ4n) is 1.05. The van der Waals surface area contributed by atoms with Gasteiger partial charge in [-0.15, -0.1) is 0 Å². The molecule has 5 heteroatoms. The summed E-state index contributed by atoms with van der Waals surface area (Å²) >= 11 is 0. The second-order valence-corrected chi connectivity index (χ2v) is 5.09. The van der Waals surface area contributed by atoms with E-state index in [1.165, 1.54) is 6.92 Å². The third-order valence-electron chi connectivity index (χ3n) is 2.03. The quantitative estimate of drug-likeness (QED) is 0.489. The molecule has 13 heavy (non-hydrogen) atoms. The van der Waals surface area contributed by atoms with Gasteiger partial charge in [0, 0.05) is 6.61 Å². The molecule has 0 aromatic rings. The summed E-state index contributed by atoms with van der Waals surface area (Å²) in [5.41, 5.74) is 0. The fraction of sp³-hybridized carbons (Fsp3) is 1.00. The predicted molar refractivity (Wildman–Crippen MR) is 51.2 cm³/mol. The Kier molecular flexibility index (Phi) is 6.28. The molecular weight excluding hydrogens is 192 g/mol. The zero-order valence-electron chi connectivity index (χ0n) is 7.94. The van der Waals surface area contributed by atoms with Crippen molar-refractivity contribution in [1.29, 1.82) is 0 Å². The van der Waals surface area contributed by atoms with Gasteiger partial charge in [0.05, 0.1) is 5.25 Å². The molecule has 0 amide bonds. The van der Waals surface area contributed by atoms with Crippen molar-refractivity contribution in [1.82, 2.24) is 0 Å². The van der Waals surface area contributed by atoms with Gasteiger partial charge in [0.25, 0.3) is 10.1 Å². The lowest BCUT2D eigenvalue weighted by atomic mass is 10.1. The fourth-order valence-corrected chi connectivity index (χ4v) is 1.51. The third kappa shape index (κ3) is 6.98. The summed E-state index contributed by atoms with van der Waals surface area (Å²) < 4.78 is 29.8. The number of hydrogen-bond donors (Lipinski definition) is 2. The van der Waals surface area contributed by atoms with Crippen molar-refractivity contribution < 1.29 is 18.1 Å². The zero-order chi connectivity index (χ0) is 10.3. The van der Waals surface area contributed by atoms with Crippen LogP contribution in [0.25, 0.3) is 0 Å².